The molecular weight excluding hydrogens is 358 g/mol. The van der Waals surface area contributed by atoms with Crippen LogP contribution in [0.1, 0.15) is 36.2 Å². The van der Waals surface area contributed by atoms with Gasteiger partial charge in [0.15, 0.2) is 0 Å². The number of hydrogen-bond acceptors (Lipinski definition) is 5. The van der Waals surface area contributed by atoms with Crippen LogP contribution in [0.3, 0.4) is 0 Å². The first kappa shape index (κ1) is 20.0. The highest BCUT2D eigenvalue weighted by Gasteiger charge is 2.37. The summed E-state index contributed by atoms with van der Waals surface area (Å²) in [5.41, 5.74) is 2.85. The molecule has 0 aromatic carbocycles. The van der Waals surface area contributed by atoms with Crippen molar-refractivity contribution >= 4 is 11.8 Å². The summed E-state index contributed by atoms with van der Waals surface area (Å²) >= 11 is 0. The number of carbonyl (C=O) groups is 2. The Morgan fingerprint density at radius 1 is 1.32 bits per heavy atom. The van der Waals surface area contributed by atoms with Gasteiger partial charge in [-0.25, -0.2) is 0 Å². The first-order valence-corrected chi connectivity index (χ1v) is 9.57. The van der Waals surface area contributed by atoms with Crippen LogP contribution in [0.15, 0.2) is 30.6 Å². The molecule has 1 fully saturated rings. The Morgan fingerprint density at radius 2 is 2.14 bits per heavy atom. The Balaban J connectivity index is 1.44. The fourth-order valence-corrected chi connectivity index (χ4v) is 3.61. The summed E-state index contributed by atoms with van der Waals surface area (Å²) in [6.45, 7) is 4.76. The van der Waals surface area contributed by atoms with Gasteiger partial charge in [0.1, 0.15) is 0 Å². The molecule has 1 saturated carbocycles. The van der Waals surface area contributed by atoms with Gasteiger partial charge in [0.25, 0.3) is 0 Å². The molecule has 3 N–H and O–H groups in total. The van der Waals surface area contributed by atoms with Gasteiger partial charge in [-0.15, -0.1) is 0 Å². The maximum absolute atomic E-state index is 12.4. The lowest BCUT2D eigenvalue weighted by atomic mass is 10.1. The van der Waals surface area contributed by atoms with Crippen molar-refractivity contribution in [1.82, 2.24) is 25.4 Å². The molecule has 0 spiro atoms. The van der Waals surface area contributed by atoms with Crippen LogP contribution in [0, 0.1) is 19.8 Å². The zero-order chi connectivity index (χ0) is 20.1. The molecule has 0 aliphatic heterocycles. The minimum Gasteiger partial charge on any atom is -0.391 e. The lowest BCUT2D eigenvalue weighted by Crippen LogP contribution is -2.40. The number of nitrogens with zero attached hydrogens (tertiary/aromatic N) is 3. The van der Waals surface area contributed by atoms with Gasteiger partial charge in [0, 0.05) is 43.5 Å². The fraction of sp³-hybridized carbons (Fsp3) is 0.500. The third-order valence-corrected chi connectivity index (χ3v) is 5.09. The number of carbonyl (C=O) groups excluding carboxylic acids is 2. The maximum atomic E-state index is 12.4. The molecule has 2 heterocycles. The molecule has 3 atom stereocenters. The Morgan fingerprint density at radius 3 is 2.82 bits per heavy atom. The standard InChI is InChI=1S/C20H27N5O3/c1-13-8-14(2)25(24-13)7-5-19(27)23-17-9-16(10-18(17)26)20(28)22-12-15-4-3-6-21-11-15/h3-4,6,8,11,16-18,26H,5,7,9-10,12H2,1-2H3,(H,22,28)(H,23,27)/t16-,17-,18-/m0/s1. The third kappa shape index (κ3) is 5.16. The molecule has 8 heteroatoms. The monoisotopic (exact) mass is 385 g/mol. The summed E-state index contributed by atoms with van der Waals surface area (Å²) in [4.78, 5) is 28.6. The van der Waals surface area contributed by atoms with Crippen LogP contribution in [-0.4, -0.2) is 43.8 Å². The van der Waals surface area contributed by atoms with Crippen LogP contribution in [0.5, 0.6) is 0 Å². The number of aromatic nitrogens is 3. The van der Waals surface area contributed by atoms with Gasteiger partial charge in [-0.1, -0.05) is 6.07 Å². The van der Waals surface area contributed by atoms with Crippen LogP contribution < -0.4 is 10.6 Å². The number of nitrogens with one attached hydrogen (secondary N) is 2. The van der Waals surface area contributed by atoms with Gasteiger partial charge in [-0.05, 0) is 44.4 Å². The fourth-order valence-electron chi connectivity index (χ4n) is 3.61. The lowest BCUT2D eigenvalue weighted by Gasteiger charge is -2.16. The molecule has 1 aliphatic rings. The van der Waals surface area contributed by atoms with E-state index in [1.54, 1.807) is 17.1 Å². The number of amides is 2. The van der Waals surface area contributed by atoms with E-state index in [4.69, 9.17) is 0 Å². The first-order valence-electron chi connectivity index (χ1n) is 9.57. The Hall–Kier alpha value is -2.74. The van der Waals surface area contributed by atoms with E-state index in [0.29, 0.717) is 25.9 Å². The van der Waals surface area contributed by atoms with Crippen molar-refractivity contribution < 1.29 is 14.7 Å². The zero-order valence-electron chi connectivity index (χ0n) is 16.3. The van der Waals surface area contributed by atoms with Crippen molar-refractivity contribution in [3.05, 3.63) is 47.5 Å². The number of aliphatic hydroxyl groups excluding tert-OH is 1. The predicted molar refractivity (Wildman–Crippen MR) is 103 cm³/mol. The molecule has 2 aromatic rings. The second-order valence-electron chi connectivity index (χ2n) is 7.39. The maximum Gasteiger partial charge on any atom is 0.223 e. The Bertz CT molecular complexity index is 821. The van der Waals surface area contributed by atoms with Gasteiger partial charge in [0.05, 0.1) is 17.8 Å². The highest BCUT2D eigenvalue weighted by molar-refractivity contribution is 5.80. The molecule has 1 aliphatic carbocycles. The first-order chi connectivity index (χ1) is 13.4. The van der Waals surface area contributed by atoms with Gasteiger partial charge in [0.2, 0.25) is 11.8 Å². The topological polar surface area (TPSA) is 109 Å². The molecule has 28 heavy (non-hydrogen) atoms. The summed E-state index contributed by atoms with van der Waals surface area (Å²) in [6, 6.07) is 5.27. The molecule has 0 radical (unpaired) electrons. The molecule has 0 unspecified atom stereocenters. The van der Waals surface area contributed by atoms with E-state index in [0.717, 1.165) is 17.0 Å². The largest absolute Gasteiger partial charge is 0.391 e. The number of rotatable bonds is 7. The van der Waals surface area contributed by atoms with Crippen molar-refractivity contribution in [3.63, 3.8) is 0 Å². The number of aliphatic hydroxyl groups is 1. The molecular formula is C20H27N5O3. The lowest BCUT2D eigenvalue weighted by molar-refractivity contribution is -0.125. The quantitative estimate of drug-likeness (QED) is 0.655. The smallest absolute Gasteiger partial charge is 0.223 e. The summed E-state index contributed by atoms with van der Waals surface area (Å²) < 4.78 is 1.80. The second-order valence-corrected chi connectivity index (χ2v) is 7.39. The minimum absolute atomic E-state index is 0.109. The second kappa shape index (κ2) is 8.97. The van der Waals surface area contributed by atoms with E-state index < -0.39 is 12.1 Å². The van der Waals surface area contributed by atoms with E-state index in [9.17, 15) is 14.7 Å². The Kier molecular flexibility index (Phi) is 6.41. The molecule has 0 bridgehead atoms. The minimum atomic E-state index is -0.716. The van der Waals surface area contributed by atoms with Gasteiger partial charge in [-0.2, -0.15) is 5.10 Å². The normalized spacial score (nSPS) is 21.5. The van der Waals surface area contributed by atoms with E-state index in [-0.39, 0.29) is 24.2 Å². The van der Waals surface area contributed by atoms with Crippen molar-refractivity contribution in [2.75, 3.05) is 0 Å². The summed E-state index contributed by atoms with van der Waals surface area (Å²) in [7, 11) is 0. The summed E-state index contributed by atoms with van der Waals surface area (Å²) in [6.07, 6.45) is 3.73. The summed E-state index contributed by atoms with van der Waals surface area (Å²) in [5.74, 6) is -0.566. The predicted octanol–water partition coefficient (Wildman–Crippen LogP) is 0.857. The van der Waals surface area contributed by atoms with Crippen LogP contribution in [-0.2, 0) is 22.7 Å². The molecule has 0 saturated heterocycles. The van der Waals surface area contributed by atoms with Gasteiger partial charge in [-0.3, -0.25) is 19.3 Å². The van der Waals surface area contributed by atoms with E-state index in [2.05, 4.69) is 20.7 Å². The molecule has 3 rings (SSSR count). The molecule has 150 valence electrons. The van der Waals surface area contributed by atoms with Crippen molar-refractivity contribution in [1.29, 1.82) is 0 Å². The molecule has 2 aromatic heterocycles. The van der Waals surface area contributed by atoms with Crippen LogP contribution in [0.4, 0.5) is 0 Å². The highest BCUT2D eigenvalue weighted by Crippen LogP contribution is 2.26. The zero-order valence-corrected chi connectivity index (χ0v) is 16.3. The summed E-state index contributed by atoms with van der Waals surface area (Å²) in [5, 5.41) is 20.3. The highest BCUT2D eigenvalue weighted by atomic mass is 16.3. The van der Waals surface area contributed by atoms with Gasteiger partial charge < -0.3 is 15.7 Å². The molecule has 8 nitrogen and oxygen atoms in total. The van der Waals surface area contributed by atoms with E-state index >= 15 is 0 Å². The SMILES string of the molecule is Cc1cc(C)n(CCC(=O)N[C@H]2C[C@H](C(=O)NCc3cccnc3)C[C@@H]2O)n1. The van der Waals surface area contributed by atoms with Crippen LogP contribution in [0.2, 0.25) is 0 Å². The van der Waals surface area contributed by atoms with Crippen molar-refractivity contribution in [3.8, 4) is 0 Å². The van der Waals surface area contributed by atoms with E-state index in [1.165, 1.54) is 0 Å². The van der Waals surface area contributed by atoms with E-state index in [1.807, 2.05) is 32.0 Å². The molecule has 2 amide bonds. The average Bonchev–Trinajstić information content (AvgIpc) is 3.20. The van der Waals surface area contributed by atoms with Crippen LogP contribution in [0.25, 0.3) is 0 Å². The third-order valence-electron chi connectivity index (χ3n) is 5.09. The Labute approximate surface area is 164 Å². The average molecular weight is 385 g/mol. The number of hydrogen-bond donors (Lipinski definition) is 3. The number of aryl methyl sites for hydroxylation is 3. The number of pyridine rings is 1. The van der Waals surface area contributed by atoms with Crippen LogP contribution >= 0.6 is 0 Å². The van der Waals surface area contributed by atoms with Crippen molar-refractivity contribution in [2.24, 2.45) is 5.92 Å². The van der Waals surface area contributed by atoms with Crippen molar-refractivity contribution in [2.45, 2.75) is 58.3 Å². The van der Waals surface area contributed by atoms with Gasteiger partial charge >= 0.3 is 0 Å².